The molecule has 5 nitrogen and oxygen atoms in total. The van der Waals surface area contributed by atoms with Gasteiger partial charge in [-0.3, -0.25) is 0 Å². The number of para-hydroxylation sites is 1. The fourth-order valence-corrected chi connectivity index (χ4v) is 9.41. The quantitative estimate of drug-likeness (QED) is 0.482. The van der Waals surface area contributed by atoms with Crippen LogP contribution in [0.15, 0.2) is 33.5 Å². The number of hydrogen-bond donors (Lipinski definition) is 0. The Balaban J connectivity index is 1.75. The number of carbonyl (C=O) groups is 1. The molecule has 1 aliphatic heterocycles. The van der Waals surface area contributed by atoms with E-state index in [2.05, 4.69) is 0 Å². The van der Waals surface area contributed by atoms with Crippen LogP contribution < -0.4 is 10.4 Å². The van der Waals surface area contributed by atoms with Gasteiger partial charge in [0.15, 0.2) is 0 Å². The van der Waals surface area contributed by atoms with Gasteiger partial charge in [-0.05, 0) is 0 Å². The third kappa shape index (κ3) is 2.17. The maximum absolute atomic E-state index is 12.2. The molecule has 0 radical (unpaired) electrons. The second-order valence-electron chi connectivity index (χ2n) is 5.96. The molecule has 1 aromatic heterocycles. The van der Waals surface area contributed by atoms with Crippen LogP contribution in [0.5, 0.6) is 5.75 Å². The van der Waals surface area contributed by atoms with Crippen LogP contribution in [0, 0.1) is 0 Å². The summed E-state index contributed by atoms with van der Waals surface area (Å²) in [6.45, 7) is 1.46. The third-order valence-electron chi connectivity index (χ3n) is 4.64. The van der Waals surface area contributed by atoms with E-state index in [0.29, 0.717) is 14.8 Å². The average molecular weight is 487 g/mol. The molecule has 0 N–H and O–H groups in total. The van der Waals surface area contributed by atoms with Gasteiger partial charge in [-0.25, -0.2) is 0 Å². The zero-order valence-electron chi connectivity index (χ0n) is 12.2. The molecule has 4 rings (SSSR count). The number of hydrogen-bond acceptors (Lipinski definition) is 5. The van der Waals surface area contributed by atoms with Crippen molar-refractivity contribution in [3.8, 4) is 5.75 Å². The summed E-state index contributed by atoms with van der Waals surface area (Å²) >= 11 is -1.80. The van der Waals surface area contributed by atoms with Gasteiger partial charge in [0, 0.05) is 0 Å². The van der Waals surface area contributed by atoms with Crippen LogP contribution in [0.25, 0.3) is 11.0 Å². The van der Waals surface area contributed by atoms with Crippen LogP contribution in [0.2, 0.25) is 3.43 Å². The summed E-state index contributed by atoms with van der Waals surface area (Å²) < 4.78 is 17.0. The Morgan fingerprint density at radius 2 is 2.14 bits per heavy atom. The summed E-state index contributed by atoms with van der Waals surface area (Å²) in [6.07, 6.45) is 2.00. The molecular formula is C16H14HgO5. The van der Waals surface area contributed by atoms with E-state index in [1.165, 1.54) is 6.92 Å². The Morgan fingerprint density at radius 1 is 1.32 bits per heavy atom. The first-order valence-electron chi connectivity index (χ1n) is 7.51. The first-order valence-corrected chi connectivity index (χ1v) is 12.9. The molecule has 1 aliphatic carbocycles. The summed E-state index contributed by atoms with van der Waals surface area (Å²) in [5.41, 5.74) is 1.21. The van der Waals surface area contributed by atoms with Crippen molar-refractivity contribution in [1.82, 2.24) is 0 Å². The normalized spacial score (nSPS) is 25.2. The van der Waals surface area contributed by atoms with Crippen molar-refractivity contribution in [2.75, 3.05) is 0 Å². The van der Waals surface area contributed by atoms with Crippen LogP contribution in [0.4, 0.5) is 0 Å². The third-order valence-corrected chi connectivity index (χ3v) is 11.9. The fourth-order valence-electron chi connectivity index (χ4n) is 3.71. The molecule has 6 heteroatoms. The molecule has 1 aromatic carbocycles. The van der Waals surface area contributed by atoms with E-state index >= 15 is 0 Å². The van der Waals surface area contributed by atoms with E-state index in [-0.39, 0.29) is 18.0 Å². The molecule has 0 amide bonds. The molecule has 3 atom stereocenters. The summed E-state index contributed by atoms with van der Waals surface area (Å²) in [7, 11) is 0. The molecule has 1 saturated carbocycles. The predicted molar refractivity (Wildman–Crippen MR) is 74.4 cm³/mol. The average Bonchev–Trinajstić information content (AvgIpc) is 3.05. The summed E-state index contributed by atoms with van der Waals surface area (Å²) in [5, 5.41) is 0.967. The van der Waals surface area contributed by atoms with Gasteiger partial charge in [0.1, 0.15) is 0 Å². The number of rotatable bonds is 2. The topological polar surface area (TPSA) is 65.7 Å². The van der Waals surface area contributed by atoms with Gasteiger partial charge in [0.2, 0.25) is 0 Å². The van der Waals surface area contributed by atoms with Crippen molar-refractivity contribution in [3.63, 3.8) is 0 Å². The van der Waals surface area contributed by atoms with Crippen molar-refractivity contribution >= 4 is 16.9 Å². The molecule has 0 saturated heterocycles. The van der Waals surface area contributed by atoms with Gasteiger partial charge in [0.05, 0.1) is 0 Å². The fraction of sp³-hybridized carbons (Fsp3) is 0.375. The molecule has 22 heavy (non-hydrogen) atoms. The molecular weight excluding hydrogens is 473 g/mol. The molecule has 2 heterocycles. The molecule has 1 unspecified atom stereocenters. The Labute approximate surface area is 139 Å². The van der Waals surface area contributed by atoms with Crippen LogP contribution >= 0.6 is 0 Å². The molecule has 0 spiro atoms. The minimum absolute atomic E-state index is 0.00952. The van der Waals surface area contributed by atoms with E-state index in [0.717, 1.165) is 23.8 Å². The maximum atomic E-state index is 12.2. The molecule has 2 aliphatic rings. The molecule has 2 aromatic rings. The van der Waals surface area contributed by atoms with E-state index in [1.807, 2.05) is 24.3 Å². The Bertz CT molecular complexity index is 812. The number of ether oxygens (including phenoxy) is 1. The van der Waals surface area contributed by atoms with Crippen molar-refractivity contribution in [2.24, 2.45) is 0 Å². The van der Waals surface area contributed by atoms with Gasteiger partial charge in [0.25, 0.3) is 0 Å². The summed E-state index contributed by atoms with van der Waals surface area (Å²) in [6, 6.07) is 7.60. The van der Waals surface area contributed by atoms with Crippen molar-refractivity contribution in [3.05, 3.63) is 40.2 Å². The molecule has 1 fully saturated rings. The van der Waals surface area contributed by atoms with Crippen LogP contribution in [-0.4, -0.2) is 12.1 Å². The predicted octanol–water partition coefficient (Wildman–Crippen LogP) is 2.78. The van der Waals surface area contributed by atoms with Gasteiger partial charge in [-0.15, -0.1) is 0 Å². The monoisotopic (exact) mass is 488 g/mol. The first kappa shape index (κ1) is 14.2. The number of carbonyl (C=O) groups excluding carboxylic acids is 1. The van der Waals surface area contributed by atoms with Crippen molar-refractivity contribution in [1.29, 1.82) is 0 Å². The summed E-state index contributed by atoms with van der Waals surface area (Å²) in [5.74, 6) is 0.407. The molecule has 110 valence electrons. The molecule has 0 bridgehead atoms. The van der Waals surface area contributed by atoms with E-state index < -0.39 is 30.7 Å². The SMILES string of the molecule is CC(=O)[O][Hg][CH]1CC[C@@H]2c3c(c(=O)oc4ccccc34)O[C@H]12. The van der Waals surface area contributed by atoms with Crippen LogP contribution in [0.3, 0.4) is 0 Å². The van der Waals surface area contributed by atoms with Gasteiger partial charge in [-0.2, -0.15) is 0 Å². The Morgan fingerprint density at radius 3 is 2.95 bits per heavy atom. The minimum atomic E-state index is -1.80. The van der Waals surface area contributed by atoms with Crippen molar-refractivity contribution < 1.29 is 41.6 Å². The second-order valence-corrected chi connectivity index (χ2v) is 12.5. The van der Waals surface area contributed by atoms with E-state index in [4.69, 9.17) is 11.8 Å². The summed E-state index contributed by atoms with van der Waals surface area (Å²) in [4.78, 5) is 23.2. The van der Waals surface area contributed by atoms with Crippen LogP contribution in [-0.2, 0) is 32.5 Å². The zero-order valence-corrected chi connectivity index (χ0v) is 17.7. The zero-order chi connectivity index (χ0) is 15.3. The Hall–Kier alpha value is -1.36. The first-order chi connectivity index (χ1) is 10.6. The van der Waals surface area contributed by atoms with E-state index in [9.17, 15) is 9.59 Å². The van der Waals surface area contributed by atoms with Crippen molar-refractivity contribution in [2.45, 2.75) is 35.2 Å². The van der Waals surface area contributed by atoms with Gasteiger partial charge >= 0.3 is 140 Å². The van der Waals surface area contributed by atoms with E-state index in [1.54, 1.807) is 0 Å². The van der Waals surface area contributed by atoms with Gasteiger partial charge in [-0.1, -0.05) is 0 Å². The van der Waals surface area contributed by atoms with Crippen LogP contribution in [0.1, 0.15) is 31.2 Å². The number of fused-ring (bicyclic) bond motifs is 5. The number of benzene rings is 1. The Kier molecular flexibility index (Phi) is 3.48. The second kappa shape index (κ2) is 5.37. The standard InChI is InChI=1S/C14H11O3.C2H4O2.Hg/c15-14-13-12(9-5-3-7-10(9)16-13)8-4-1-2-6-11(8)17-14;1-2(3)4;/h1-2,4,6-7,9-10H,3,5H2;1H3,(H,3,4);/q;;+1/p-1/t9-,10+;;/m0../s1. The van der Waals surface area contributed by atoms with Gasteiger partial charge < -0.3 is 0 Å².